The Morgan fingerprint density at radius 1 is 1.17 bits per heavy atom. The second kappa shape index (κ2) is 8.53. The molecule has 3 aromatic rings. The maximum atomic E-state index is 12.8. The molecule has 6 heteroatoms. The van der Waals surface area contributed by atoms with E-state index in [1.807, 2.05) is 41.1 Å². The molecule has 6 nitrogen and oxygen atoms in total. The van der Waals surface area contributed by atoms with Crippen LogP contribution in [0.5, 0.6) is 0 Å². The number of nitrogens with zero attached hydrogens (tertiary/aromatic N) is 2. The van der Waals surface area contributed by atoms with Gasteiger partial charge in [0.25, 0.3) is 0 Å². The van der Waals surface area contributed by atoms with Crippen LogP contribution in [-0.4, -0.2) is 28.1 Å². The quantitative estimate of drug-likeness (QED) is 0.658. The largest absolute Gasteiger partial charge is 0.355 e. The molecule has 154 valence electrons. The van der Waals surface area contributed by atoms with Crippen molar-refractivity contribution in [3.8, 4) is 16.9 Å². The van der Waals surface area contributed by atoms with Crippen molar-refractivity contribution in [2.24, 2.45) is 11.8 Å². The molecule has 2 amide bonds. The molecule has 0 spiro atoms. The molecule has 2 aromatic carbocycles. The highest BCUT2D eigenvalue weighted by atomic mass is 16.2. The summed E-state index contributed by atoms with van der Waals surface area (Å²) in [5.41, 5.74) is 4.14. The van der Waals surface area contributed by atoms with Crippen molar-refractivity contribution in [1.82, 2.24) is 15.1 Å². The van der Waals surface area contributed by atoms with Crippen LogP contribution in [0.2, 0.25) is 0 Å². The summed E-state index contributed by atoms with van der Waals surface area (Å²) < 4.78 is 1.85. The van der Waals surface area contributed by atoms with E-state index in [1.165, 1.54) is 5.56 Å². The maximum absolute atomic E-state index is 12.8. The normalized spacial score (nSPS) is 18.3. The van der Waals surface area contributed by atoms with Crippen LogP contribution in [0.15, 0.2) is 60.7 Å². The van der Waals surface area contributed by atoms with Crippen LogP contribution in [0.25, 0.3) is 16.9 Å². The van der Waals surface area contributed by atoms with Gasteiger partial charge < -0.3 is 10.6 Å². The molecule has 1 saturated heterocycles. The van der Waals surface area contributed by atoms with Crippen LogP contribution in [0.1, 0.15) is 25.8 Å². The lowest BCUT2D eigenvalue weighted by molar-refractivity contribution is -0.126. The van der Waals surface area contributed by atoms with Crippen LogP contribution >= 0.6 is 0 Å². The number of benzene rings is 2. The molecule has 1 aliphatic rings. The van der Waals surface area contributed by atoms with E-state index < -0.39 is 5.92 Å². The molecule has 1 fully saturated rings. The Bertz CT molecular complexity index is 1060. The van der Waals surface area contributed by atoms with Crippen LogP contribution in [0.4, 0.5) is 5.82 Å². The fraction of sp³-hybridized carbons (Fsp3) is 0.292. The minimum absolute atomic E-state index is 0.0848. The molecule has 0 bridgehead atoms. The average Bonchev–Trinajstić information content (AvgIpc) is 3.33. The number of para-hydroxylation sites is 1. The van der Waals surface area contributed by atoms with Crippen LogP contribution in [0.3, 0.4) is 0 Å². The molecule has 4 rings (SSSR count). The van der Waals surface area contributed by atoms with Gasteiger partial charge in [-0.1, -0.05) is 56.7 Å². The van der Waals surface area contributed by atoms with Crippen LogP contribution in [0, 0.1) is 11.8 Å². The molecule has 2 heterocycles. The Kier molecular flexibility index (Phi) is 5.65. The number of aryl methyl sites for hydroxylation is 1. The average molecular weight is 402 g/mol. The lowest BCUT2D eigenvalue weighted by Crippen LogP contribution is -2.28. The zero-order chi connectivity index (χ0) is 21.1. The fourth-order valence-corrected chi connectivity index (χ4v) is 3.86. The van der Waals surface area contributed by atoms with E-state index in [2.05, 4.69) is 46.9 Å². The summed E-state index contributed by atoms with van der Waals surface area (Å²) in [6.07, 6.45) is 2.09. The molecule has 0 saturated carbocycles. The van der Waals surface area contributed by atoms with Gasteiger partial charge in [-0.15, -0.1) is 5.10 Å². The van der Waals surface area contributed by atoms with Crippen molar-refractivity contribution in [3.63, 3.8) is 0 Å². The summed E-state index contributed by atoms with van der Waals surface area (Å²) in [6, 6.07) is 20.2. The van der Waals surface area contributed by atoms with Gasteiger partial charge in [-0.05, 0) is 30.2 Å². The Balaban J connectivity index is 1.69. The first-order valence-corrected chi connectivity index (χ1v) is 10.4. The second-order valence-corrected chi connectivity index (χ2v) is 7.74. The molecular weight excluding hydrogens is 376 g/mol. The Morgan fingerprint density at radius 3 is 2.67 bits per heavy atom. The van der Waals surface area contributed by atoms with E-state index in [9.17, 15) is 9.59 Å². The van der Waals surface area contributed by atoms with Crippen molar-refractivity contribution in [1.29, 1.82) is 0 Å². The number of aromatic nitrogens is 2. The van der Waals surface area contributed by atoms with E-state index in [0.29, 0.717) is 12.4 Å². The summed E-state index contributed by atoms with van der Waals surface area (Å²) in [7, 11) is 0. The standard InChI is InChI=1S/C24H26N4O2/c1-3-8-17-9-7-10-18(13-17)21-14-22(27-28(21)19-11-5-4-6-12-19)26-24(30)20-15-25-23(29)16(20)2/h4-7,9-14,16,20H,3,8,15H2,1-2H3,(H,25,29)(H,26,27,30)/t16-,20+/m1/s1. The summed E-state index contributed by atoms with van der Waals surface area (Å²) in [4.78, 5) is 24.5. The van der Waals surface area contributed by atoms with Crippen LogP contribution in [-0.2, 0) is 16.0 Å². The smallest absolute Gasteiger partial charge is 0.231 e. The van der Waals surface area contributed by atoms with Gasteiger partial charge in [-0.25, -0.2) is 4.68 Å². The predicted octanol–water partition coefficient (Wildman–Crippen LogP) is 3.81. The third-order valence-corrected chi connectivity index (χ3v) is 5.57. The van der Waals surface area contributed by atoms with Gasteiger partial charge in [-0.2, -0.15) is 0 Å². The van der Waals surface area contributed by atoms with Crippen LogP contribution < -0.4 is 10.6 Å². The third kappa shape index (κ3) is 3.99. The number of anilines is 1. The van der Waals surface area contributed by atoms with E-state index in [-0.39, 0.29) is 17.7 Å². The number of rotatable bonds is 6. The van der Waals surface area contributed by atoms with Crippen molar-refractivity contribution < 1.29 is 9.59 Å². The summed E-state index contributed by atoms with van der Waals surface area (Å²) in [6.45, 7) is 4.30. The number of carbonyl (C=O) groups excluding carboxylic acids is 2. The Labute approximate surface area is 176 Å². The maximum Gasteiger partial charge on any atom is 0.231 e. The van der Waals surface area contributed by atoms with Crippen molar-refractivity contribution >= 4 is 17.6 Å². The first-order valence-electron chi connectivity index (χ1n) is 10.4. The molecule has 1 aliphatic heterocycles. The van der Waals surface area contributed by atoms with Gasteiger partial charge in [0, 0.05) is 24.1 Å². The third-order valence-electron chi connectivity index (χ3n) is 5.57. The highest BCUT2D eigenvalue weighted by molar-refractivity contribution is 5.98. The Hall–Kier alpha value is -3.41. The number of amides is 2. The second-order valence-electron chi connectivity index (χ2n) is 7.74. The van der Waals surface area contributed by atoms with Gasteiger partial charge >= 0.3 is 0 Å². The SMILES string of the molecule is CCCc1cccc(-c2cc(NC(=O)[C@H]3CNC(=O)[C@@H]3C)nn2-c2ccccc2)c1. The molecule has 0 radical (unpaired) electrons. The molecule has 0 aliphatic carbocycles. The van der Waals surface area contributed by atoms with E-state index in [0.717, 1.165) is 29.8 Å². The van der Waals surface area contributed by atoms with E-state index in [1.54, 1.807) is 6.92 Å². The first-order chi connectivity index (χ1) is 14.6. The highest BCUT2D eigenvalue weighted by Crippen LogP contribution is 2.28. The number of carbonyl (C=O) groups is 2. The van der Waals surface area contributed by atoms with Gasteiger partial charge in [0.05, 0.1) is 17.3 Å². The van der Waals surface area contributed by atoms with Gasteiger partial charge in [0.15, 0.2) is 5.82 Å². The topological polar surface area (TPSA) is 76.0 Å². The molecule has 30 heavy (non-hydrogen) atoms. The molecule has 2 N–H and O–H groups in total. The summed E-state index contributed by atoms with van der Waals surface area (Å²) in [5.74, 6) is -0.531. The number of hydrogen-bond donors (Lipinski definition) is 2. The van der Waals surface area contributed by atoms with Gasteiger partial charge in [0.1, 0.15) is 0 Å². The van der Waals surface area contributed by atoms with Crippen molar-refractivity contribution in [2.45, 2.75) is 26.7 Å². The highest BCUT2D eigenvalue weighted by Gasteiger charge is 2.36. The predicted molar refractivity (Wildman–Crippen MR) is 117 cm³/mol. The lowest BCUT2D eigenvalue weighted by atomic mass is 9.97. The van der Waals surface area contributed by atoms with Crippen molar-refractivity contribution in [2.75, 3.05) is 11.9 Å². The van der Waals surface area contributed by atoms with Gasteiger partial charge in [-0.3, -0.25) is 9.59 Å². The van der Waals surface area contributed by atoms with E-state index >= 15 is 0 Å². The molecule has 1 aromatic heterocycles. The zero-order valence-corrected chi connectivity index (χ0v) is 17.3. The van der Waals surface area contributed by atoms with Crippen molar-refractivity contribution in [3.05, 3.63) is 66.2 Å². The number of nitrogens with one attached hydrogen (secondary N) is 2. The molecule has 2 atom stereocenters. The molecule has 0 unspecified atom stereocenters. The monoisotopic (exact) mass is 402 g/mol. The molecular formula is C24H26N4O2. The first kappa shape index (κ1) is 19.9. The fourth-order valence-electron chi connectivity index (χ4n) is 3.86. The summed E-state index contributed by atoms with van der Waals surface area (Å²) >= 11 is 0. The Morgan fingerprint density at radius 2 is 1.97 bits per heavy atom. The number of hydrogen-bond acceptors (Lipinski definition) is 3. The van der Waals surface area contributed by atoms with Gasteiger partial charge in [0.2, 0.25) is 11.8 Å². The summed E-state index contributed by atoms with van der Waals surface area (Å²) in [5, 5.41) is 10.3. The minimum atomic E-state index is -0.393. The van der Waals surface area contributed by atoms with E-state index in [4.69, 9.17) is 0 Å². The zero-order valence-electron chi connectivity index (χ0n) is 17.3. The lowest BCUT2D eigenvalue weighted by Gasteiger charge is -2.11. The minimum Gasteiger partial charge on any atom is -0.355 e.